The van der Waals surface area contributed by atoms with E-state index in [1.807, 2.05) is 32.9 Å². The molecular weight excluding hydrogens is 412 g/mol. The van der Waals surface area contributed by atoms with Gasteiger partial charge in [-0.05, 0) is 44.2 Å². The van der Waals surface area contributed by atoms with Crippen LogP contribution in [0.1, 0.15) is 40.0 Å². The Hall–Kier alpha value is -3.16. The fourth-order valence-electron chi connectivity index (χ4n) is 4.16. The predicted molar refractivity (Wildman–Crippen MR) is 118 cm³/mol. The molecule has 0 spiro atoms. The van der Waals surface area contributed by atoms with Gasteiger partial charge in [-0.2, -0.15) is 0 Å². The highest BCUT2D eigenvalue weighted by molar-refractivity contribution is 6.08. The smallest absolute Gasteiger partial charge is 0.329 e. The molecule has 1 saturated heterocycles. The predicted octanol–water partition coefficient (Wildman–Crippen LogP) is 2.93. The van der Waals surface area contributed by atoms with Crippen molar-refractivity contribution >= 4 is 29.4 Å². The lowest BCUT2D eigenvalue weighted by Crippen LogP contribution is -2.47. The lowest BCUT2D eigenvalue weighted by molar-refractivity contribution is -0.160. The Kier molecular flexibility index (Phi) is 7.66. The van der Waals surface area contributed by atoms with Crippen LogP contribution in [0.15, 0.2) is 36.4 Å². The van der Waals surface area contributed by atoms with Crippen molar-refractivity contribution in [3.05, 3.63) is 36.4 Å². The second kappa shape index (κ2) is 10.4. The van der Waals surface area contributed by atoms with Gasteiger partial charge in [-0.1, -0.05) is 38.1 Å². The number of ether oxygens (including phenoxy) is 2. The number of nitrogens with one attached hydrogen (secondary N) is 1. The molecule has 1 aromatic rings. The van der Waals surface area contributed by atoms with Gasteiger partial charge in [0, 0.05) is 0 Å². The number of benzene rings is 1. The molecule has 3 amide bonds. The van der Waals surface area contributed by atoms with Gasteiger partial charge in [0.1, 0.15) is 11.8 Å². The SMILES string of the molecule is CCOc1ccccc1NC(=O)COC(=O)[C@H](CC(C)C)N1C(=O)[C@@H]2CC=CC[C@H]2C1=O. The molecule has 1 fully saturated rings. The van der Waals surface area contributed by atoms with Crippen LogP contribution in [-0.2, 0) is 23.9 Å². The summed E-state index contributed by atoms with van der Waals surface area (Å²) in [6.07, 6.45) is 5.07. The zero-order valence-corrected chi connectivity index (χ0v) is 18.7. The minimum absolute atomic E-state index is 0.0424. The molecule has 8 nitrogen and oxygen atoms in total. The minimum atomic E-state index is -1.04. The van der Waals surface area contributed by atoms with E-state index in [1.54, 1.807) is 24.3 Å². The number of hydrogen-bond acceptors (Lipinski definition) is 6. The number of para-hydroxylation sites is 2. The Morgan fingerprint density at radius 1 is 1.09 bits per heavy atom. The van der Waals surface area contributed by atoms with Gasteiger partial charge in [0.2, 0.25) is 11.8 Å². The Labute approximate surface area is 187 Å². The van der Waals surface area contributed by atoms with E-state index in [-0.39, 0.29) is 24.2 Å². The molecule has 1 aromatic carbocycles. The molecule has 0 unspecified atom stereocenters. The molecule has 0 bridgehead atoms. The average molecular weight is 443 g/mol. The first-order valence-electron chi connectivity index (χ1n) is 11.0. The maximum atomic E-state index is 12.9. The lowest BCUT2D eigenvalue weighted by atomic mass is 9.85. The standard InChI is InChI=1S/C24H30N2O6/c1-4-31-20-12-8-7-11-18(20)25-21(27)14-32-24(30)19(13-15(2)3)26-22(28)16-9-5-6-10-17(16)23(26)29/h5-8,11-12,15-17,19H,4,9-10,13-14H2,1-3H3,(H,25,27)/t16-,17-,19+/m1/s1. The van der Waals surface area contributed by atoms with Crippen molar-refractivity contribution in [2.45, 2.75) is 46.1 Å². The van der Waals surface area contributed by atoms with Crippen LogP contribution < -0.4 is 10.1 Å². The number of carbonyl (C=O) groups excluding carboxylic acids is 4. The largest absolute Gasteiger partial charge is 0.492 e. The molecule has 1 heterocycles. The third-order valence-corrected chi connectivity index (χ3v) is 5.63. The summed E-state index contributed by atoms with van der Waals surface area (Å²) in [4.78, 5) is 52.2. The maximum absolute atomic E-state index is 12.9. The van der Waals surface area contributed by atoms with Crippen LogP contribution in [-0.4, -0.2) is 47.8 Å². The Morgan fingerprint density at radius 3 is 2.31 bits per heavy atom. The fourth-order valence-corrected chi connectivity index (χ4v) is 4.16. The molecular formula is C24H30N2O6. The number of rotatable bonds is 9. The van der Waals surface area contributed by atoms with Crippen molar-refractivity contribution in [1.82, 2.24) is 4.90 Å². The van der Waals surface area contributed by atoms with Gasteiger partial charge in [-0.3, -0.25) is 19.3 Å². The second-order valence-electron chi connectivity index (χ2n) is 8.43. The van der Waals surface area contributed by atoms with Crippen LogP contribution in [0.4, 0.5) is 5.69 Å². The van der Waals surface area contributed by atoms with E-state index < -0.39 is 36.4 Å². The summed E-state index contributed by atoms with van der Waals surface area (Å²) in [5, 5.41) is 2.66. The summed E-state index contributed by atoms with van der Waals surface area (Å²) in [6.45, 7) is 5.55. The van der Waals surface area contributed by atoms with E-state index >= 15 is 0 Å². The summed E-state index contributed by atoms with van der Waals surface area (Å²) in [5.74, 6) is -2.24. The average Bonchev–Trinajstić information content (AvgIpc) is 3.02. The van der Waals surface area contributed by atoms with Crippen molar-refractivity contribution in [2.24, 2.45) is 17.8 Å². The van der Waals surface area contributed by atoms with E-state index in [0.717, 1.165) is 4.90 Å². The van der Waals surface area contributed by atoms with Crippen LogP contribution in [0.3, 0.4) is 0 Å². The lowest BCUT2D eigenvalue weighted by Gasteiger charge is -2.26. The third-order valence-electron chi connectivity index (χ3n) is 5.63. The van der Waals surface area contributed by atoms with Gasteiger partial charge in [-0.25, -0.2) is 4.79 Å². The maximum Gasteiger partial charge on any atom is 0.329 e. The summed E-state index contributed by atoms with van der Waals surface area (Å²) in [6, 6.07) is 5.91. The van der Waals surface area contributed by atoms with Gasteiger partial charge in [-0.15, -0.1) is 0 Å². The second-order valence-corrected chi connectivity index (χ2v) is 8.43. The Bertz CT molecular complexity index is 884. The number of amides is 3. The Morgan fingerprint density at radius 2 is 1.72 bits per heavy atom. The highest BCUT2D eigenvalue weighted by Gasteiger charge is 2.51. The van der Waals surface area contributed by atoms with Gasteiger partial charge in [0.25, 0.3) is 5.91 Å². The molecule has 0 aromatic heterocycles. The normalized spacial score (nSPS) is 20.8. The first-order chi connectivity index (χ1) is 15.3. The third kappa shape index (κ3) is 5.18. The number of fused-ring (bicyclic) bond motifs is 1. The fraction of sp³-hybridized carbons (Fsp3) is 0.500. The monoisotopic (exact) mass is 442 g/mol. The van der Waals surface area contributed by atoms with Crippen LogP contribution in [0, 0.1) is 17.8 Å². The first-order valence-corrected chi connectivity index (χ1v) is 11.0. The minimum Gasteiger partial charge on any atom is -0.492 e. The number of hydrogen-bond donors (Lipinski definition) is 1. The Balaban J connectivity index is 1.66. The summed E-state index contributed by atoms with van der Waals surface area (Å²) >= 11 is 0. The summed E-state index contributed by atoms with van der Waals surface area (Å²) in [7, 11) is 0. The number of esters is 1. The first kappa shape index (κ1) is 23.5. The van der Waals surface area contributed by atoms with Gasteiger partial charge in [0.05, 0.1) is 24.1 Å². The molecule has 32 heavy (non-hydrogen) atoms. The van der Waals surface area contributed by atoms with Crippen molar-refractivity contribution in [3.63, 3.8) is 0 Å². The molecule has 172 valence electrons. The number of anilines is 1. The molecule has 1 N–H and O–H groups in total. The van der Waals surface area contributed by atoms with Crippen molar-refractivity contribution in [2.75, 3.05) is 18.5 Å². The van der Waals surface area contributed by atoms with Crippen LogP contribution >= 0.6 is 0 Å². The number of nitrogens with zero attached hydrogens (tertiary/aromatic N) is 1. The molecule has 0 saturated carbocycles. The van der Waals surface area contributed by atoms with Gasteiger partial charge in [0.15, 0.2) is 6.61 Å². The molecule has 2 aliphatic rings. The van der Waals surface area contributed by atoms with Crippen molar-refractivity contribution in [1.29, 1.82) is 0 Å². The molecule has 1 aliphatic heterocycles. The van der Waals surface area contributed by atoms with Crippen LogP contribution in [0.5, 0.6) is 5.75 Å². The summed E-state index contributed by atoms with van der Waals surface area (Å²) in [5.41, 5.74) is 0.468. The van der Waals surface area contributed by atoms with E-state index in [9.17, 15) is 19.2 Å². The van der Waals surface area contributed by atoms with E-state index in [1.165, 1.54) is 0 Å². The highest BCUT2D eigenvalue weighted by Crippen LogP contribution is 2.37. The van der Waals surface area contributed by atoms with Crippen molar-refractivity contribution in [3.8, 4) is 5.75 Å². The molecule has 0 radical (unpaired) electrons. The summed E-state index contributed by atoms with van der Waals surface area (Å²) < 4.78 is 10.7. The van der Waals surface area contributed by atoms with E-state index in [0.29, 0.717) is 30.9 Å². The van der Waals surface area contributed by atoms with Gasteiger partial charge >= 0.3 is 5.97 Å². The molecule has 1 aliphatic carbocycles. The number of likely N-dealkylation sites (tertiary alicyclic amines) is 1. The molecule has 3 rings (SSSR count). The van der Waals surface area contributed by atoms with Gasteiger partial charge < -0.3 is 14.8 Å². The number of allylic oxidation sites excluding steroid dienone is 2. The molecule has 3 atom stereocenters. The topological polar surface area (TPSA) is 102 Å². The van der Waals surface area contributed by atoms with E-state index in [4.69, 9.17) is 9.47 Å². The highest BCUT2D eigenvalue weighted by atomic mass is 16.5. The van der Waals surface area contributed by atoms with Crippen LogP contribution in [0.2, 0.25) is 0 Å². The zero-order valence-electron chi connectivity index (χ0n) is 18.7. The number of imide groups is 1. The number of carbonyl (C=O) groups is 4. The molecule has 8 heteroatoms. The van der Waals surface area contributed by atoms with Crippen molar-refractivity contribution < 1.29 is 28.7 Å². The van der Waals surface area contributed by atoms with Crippen LogP contribution in [0.25, 0.3) is 0 Å². The van der Waals surface area contributed by atoms with E-state index in [2.05, 4.69) is 5.32 Å². The zero-order chi connectivity index (χ0) is 23.3. The quantitative estimate of drug-likeness (QED) is 0.358.